The first-order chi connectivity index (χ1) is 13.6. The highest BCUT2D eigenvalue weighted by Gasteiger charge is 2.29. The van der Waals surface area contributed by atoms with E-state index in [1.807, 2.05) is 13.8 Å². The molecule has 2 atom stereocenters. The first kappa shape index (κ1) is 26.8. The standard InChI is InChI=1S/C16H33BN6O6/c1-11(2)10-13(17(26)27)21-15(25)12(20-14(24)7-9-29-4)6-5-8-19-16(18)22-23(3)28/h11-13,26-27H,5-10H2,1-4H3,(H4-,18,19,20,21,22,24,25,28)/p+1/t12-,13-/m0/s1. The Morgan fingerprint density at radius 2 is 1.90 bits per heavy atom. The Morgan fingerprint density at radius 1 is 1.24 bits per heavy atom. The number of nitrogens with one attached hydrogen (secondary N) is 5. The van der Waals surface area contributed by atoms with Gasteiger partial charge in [-0.25, -0.2) is 0 Å². The Hall–Kier alpha value is -2.25. The largest absolute Gasteiger partial charge is 0.475 e. The Kier molecular flexibility index (Phi) is 13.6. The van der Waals surface area contributed by atoms with Gasteiger partial charge >= 0.3 is 7.12 Å². The number of hydrogen-bond donors (Lipinski definition) is 7. The van der Waals surface area contributed by atoms with Crippen LogP contribution in [0.1, 0.15) is 39.5 Å². The quantitative estimate of drug-likeness (QED) is 0.0435. The molecule has 0 unspecified atom stereocenters. The third kappa shape index (κ3) is 13.5. The lowest BCUT2D eigenvalue weighted by Crippen LogP contribution is -2.54. The molecule has 0 bridgehead atoms. The van der Waals surface area contributed by atoms with Gasteiger partial charge in [-0.05, 0) is 25.2 Å². The summed E-state index contributed by atoms with van der Waals surface area (Å²) < 4.78 is 4.85. The average Bonchev–Trinajstić information content (AvgIpc) is 2.60. The van der Waals surface area contributed by atoms with Crippen LogP contribution in [0.3, 0.4) is 0 Å². The van der Waals surface area contributed by atoms with Crippen LogP contribution in [-0.2, 0) is 14.3 Å². The van der Waals surface area contributed by atoms with E-state index in [0.717, 1.165) is 0 Å². The van der Waals surface area contributed by atoms with Gasteiger partial charge < -0.3 is 30.7 Å². The highest BCUT2D eigenvalue weighted by molar-refractivity contribution is 6.43. The van der Waals surface area contributed by atoms with Gasteiger partial charge in [0.25, 0.3) is 0 Å². The number of hydrazine groups is 1. The van der Waals surface area contributed by atoms with Gasteiger partial charge in [0.15, 0.2) is 0 Å². The number of methoxy groups -OCH3 is 1. The molecule has 0 aromatic carbocycles. The highest BCUT2D eigenvalue weighted by atomic mass is 16.5. The number of guanidine groups is 1. The lowest BCUT2D eigenvalue weighted by Gasteiger charge is -2.24. The number of amides is 2. The van der Waals surface area contributed by atoms with Crippen LogP contribution in [0.25, 0.3) is 0 Å². The molecular weight excluding hydrogens is 383 g/mol. The van der Waals surface area contributed by atoms with Gasteiger partial charge in [0, 0.05) is 20.1 Å². The van der Waals surface area contributed by atoms with Crippen molar-refractivity contribution in [2.45, 2.75) is 51.5 Å². The summed E-state index contributed by atoms with van der Waals surface area (Å²) in [5.74, 6) is -1.81. The topological polar surface area (TPSA) is 176 Å². The predicted octanol–water partition coefficient (Wildman–Crippen LogP) is -1.73. The SMILES string of the molecule is COCCC(=O)N[C@@H](CCCNC(=N)N[N+](C)=O)C(=O)N[C@@H](CC(C)C)B(O)O. The van der Waals surface area contributed by atoms with Gasteiger partial charge in [-0.2, -0.15) is 0 Å². The van der Waals surface area contributed by atoms with E-state index in [4.69, 9.17) is 10.1 Å². The minimum atomic E-state index is -1.72. The van der Waals surface area contributed by atoms with E-state index in [0.29, 0.717) is 17.7 Å². The molecule has 0 rings (SSSR count). The molecule has 13 heteroatoms. The van der Waals surface area contributed by atoms with E-state index in [1.54, 1.807) is 0 Å². The number of hydrogen-bond acceptors (Lipinski definition) is 7. The summed E-state index contributed by atoms with van der Waals surface area (Å²) in [6.45, 7) is 4.27. The second-order valence-electron chi connectivity index (χ2n) is 7.07. The molecule has 0 spiro atoms. The van der Waals surface area contributed by atoms with E-state index in [1.165, 1.54) is 14.2 Å². The fourth-order valence-corrected chi connectivity index (χ4v) is 2.49. The fraction of sp³-hybridized carbons (Fsp3) is 0.812. The van der Waals surface area contributed by atoms with Crippen molar-refractivity contribution in [3.63, 3.8) is 0 Å². The van der Waals surface area contributed by atoms with E-state index in [-0.39, 0.29) is 43.8 Å². The molecule has 2 amide bonds. The van der Waals surface area contributed by atoms with Crippen LogP contribution in [0.2, 0.25) is 0 Å². The van der Waals surface area contributed by atoms with Crippen molar-refractivity contribution in [2.24, 2.45) is 5.92 Å². The zero-order valence-electron chi connectivity index (χ0n) is 17.5. The summed E-state index contributed by atoms with van der Waals surface area (Å²) in [6, 6.07) is -0.890. The molecule has 0 aliphatic rings. The molecule has 166 valence electrons. The number of nitrogens with zero attached hydrogens (tertiary/aromatic N) is 1. The second-order valence-corrected chi connectivity index (χ2v) is 7.07. The van der Waals surface area contributed by atoms with Crippen molar-refractivity contribution in [1.82, 2.24) is 21.4 Å². The molecule has 0 aliphatic heterocycles. The van der Waals surface area contributed by atoms with Crippen molar-refractivity contribution in [2.75, 3.05) is 27.3 Å². The van der Waals surface area contributed by atoms with Crippen molar-refractivity contribution < 1.29 is 29.2 Å². The zero-order valence-corrected chi connectivity index (χ0v) is 17.5. The maximum atomic E-state index is 12.6. The van der Waals surface area contributed by atoms with Crippen molar-refractivity contribution in [3.05, 3.63) is 4.91 Å². The zero-order chi connectivity index (χ0) is 22.4. The number of ether oxygens (including phenoxy) is 1. The van der Waals surface area contributed by atoms with Gasteiger partial charge in [0.1, 0.15) is 10.9 Å². The lowest BCUT2D eigenvalue weighted by atomic mass is 9.75. The third-order valence-electron chi connectivity index (χ3n) is 3.84. The summed E-state index contributed by atoms with van der Waals surface area (Å²) in [5, 5.41) is 34.4. The molecule has 0 fully saturated rings. The summed E-state index contributed by atoms with van der Waals surface area (Å²) in [6.07, 6.45) is 1.10. The number of rotatable bonds is 14. The summed E-state index contributed by atoms with van der Waals surface area (Å²) in [5.41, 5.74) is 2.20. The smallest absolute Gasteiger partial charge is 0.426 e. The van der Waals surface area contributed by atoms with E-state index in [2.05, 4.69) is 21.4 Å². The number of carbonyl (C=O) groups excluding carboxylic acids is 2. The van der Waals surface area contributed by atoms with Crippen molar-refractivity contribution >= 4 is 24.9 Å². The van der Waals surface area contributed by atoms with Crippen LogP contribution in [0.5, 0.6) is 0 Å². The first-order valence-corrected chi connectivity index (χ1v) is 9.51. The van der Waals surface area contributed by atoms with Crippen LogP contribution < -0.4 is 21.4 Å². The third-order valence-corrected chi connectivity index (χ3v) is 3.84. The monoisotopic (exact) mass is 417 g/mol. The molecule has 12 nitrogen and oxygen atoms in total. The molecule has 0 saturated heterocycles. The predicted molar refractivity (Wildman–Crippen MR) is 108 cm³/mol. The number of carbonyl (C=O) groups is 2. The minimum absolute atomic E-state index is 0.0843. The highest BCUT2D eigenvalue weighted by Crippen LogP contribution is 2.07. The molecule has 0 aliphatic carbocycles. The number of nitroso groups, excluding NO2 is 1. The molecule has 7 N–H and O–H groups in total. The molecule has 0 saturated carbocycles. The van der Waals surface area contributed by atoms with Crippen LogP contribution in [0.15, 0.2) is 0 Å². The Labute approximate surface area is 171 Å². The Morgan fingerprint density at radius 3 is 2.41 bits per heavy atom. The Balaban J connectivity index is 4.84. The minimum Gasteiger partial charge on any atom is -0.426 e. The summed E-state index contributed by atoms with van der Waals surface area (Å²) in [7, 11) is 0.948. The fourth-order valence-electron chi connectivity index (χ4n) is 2.49. The van der Waals surface area contributed by atoms with Crippen LogP contribution in [0.4, 0.5) is 0 Å². The van der Waals surface area contributed by atoms with Crippen molar-refractivity contribution in [3.8, 4) is 0 Å². The molecule has 0 aromatic rings. The molecule has 29 heavy (non-hydrogen) atoms. The molecule has 0 radical (unpaired) electrons. The van der Waals surface area contributed by atoms with Crippen LogP contribution in [0, 0.1) is 16.2 Å². The Bertz CT molecular complexity index is 548. The summed E-state index contributed by atoms with van der Waals surface area (Å²) >= 11 is 0. The van der Waals surface area contributed by atoms with Crippen molar-refractivity contribution in [1.29, 1.82) is 5.41 Å². The summed E-state index contributed by atoms with van der Waals surface area (Å²) in [4.78, 5) is 35.8. The normalized spacial score (nSPS) is 12.7. The maximum absolute atomic E-state index is 12.6. The average molecular weight is 417 g/mol. The maximum Gasteiger partial charge on any atom is 0.475 e. The van der Waals surface area contributed by atoms with Gasteiger partial charge in [0.05, 0.1) is 17.5 Å². The van der Waals surface area contributed by atoms with E-state index >= 15 is 0 Å². The molecular formula is C16H34BN6O6+. The molecule has 0 aromatic heterocycles. The lowest BCUT2D eigenvalue weighted by molar-refractivity contribution is -0.563. The van der Waals surface area contributed by atoms with Gasteiger partial charge in [0.2, 0.25) is 24.8 Å². The van der Waals surface area contributed by atoms with Gasteiger partial charge in [-0.15, -0.1) is 0 Å². The van der Waals surface area contributed by atoms with E-state index < -0.39 is 25.0 Å². The first-order valence-electron chi connectivity index (χ1n) is 9.51. The van der Waals surface area contributed by atoms with Gasteiger partial charge in [-0.1, -0.05) is 19.3 Å². The molecule has 0 heterocycles. The van der Waals surface area contributed by atoms with E-state index in [9.17, 15) is 24.5 Å². The van der Waals surface area contributed by atoms with Gasteiger partial charge in [-0.3, -0.25) is 15.0 Å². The second kappa shape index (κ2) is 14.7. The van der Waals surface area contributed by atoms with Crippen LogP contribution in [-0.4, -0.2) is 79.1 Å². The van der Waals surface area contributed by atoms with Crippen LogP contribution >= 0.6 is 0 Å².